The summed E-state index contributed by atoms with van der Waals surface area (Å²) in [6.07, 6.45) is -20.3. The lowest BCUT2D eigenvalue weighted by Crippen LogP contribution is -2.18. The van der Waals surface area contributed by atoms with Crippen LogP contribution in [-0.4, -0.2) is 39.7 Å². The van der Waals surface area contributed by atoms with E-state index in [2.05, 4.69) is 31.1 Å². The minimum atomic E-state index is -4.66. The fourth-order valence-electron chi connectivity index (χ4n) is 16.3. The third-order valence-electron chi connectivity index (χ3n) is 22.8. The third kappa shape index (κ3) is 30.9. The highest BCUT2D eigenvalue weighted by Gasteiger charge is 2.36. The number of alkyl halides is 20. The van der Waals surface area contributed by atoms with Gasteiger partial charge in [-0.2, -0.15) is 43.9 Å². The first kappa shape index (κ1) is 111. The standard InChI is InChI=1S/2C13H11F3O.2C13H11F3.2C13H12F2O.C13H12F2.2C13H13FO/c1-8-3-6-11-10(7-8)5-4-9(2)12(11)17-13(14,15)16;1-8-3-4-10-5-9(2)7-12(11(10)6-8)17-13(14,15)16;1-8-3-6-11-10(7-8)5-4-9(2)12(11)13(14,15)16;1-8-3-4-10-5-9(2)7-12(11(10)6-8)13(14,15)16;1-8-3-6-11-10(7-8)5-4-9(2)12(11)16-13(14)15;1-8-3-4-10-5-9(2)7-12(11(10)6-8)16-13(14)15;1-8-3-6-11-10(7-8)5-4-9(2)12(11)13(14)15;1-9-3-6-12-11(7-9)5-4-10(2)13(12)15-8-14;1-9-3-4-11-5-10(2)7-13(15-8-14)12(11)6-9/h2*3-7H,1-2H3;2*3-7H,1-2H3;2*3-7,13H,1-2H3;3-7,13H,1-2H3;2*3-7H,8H2,1-2H3. The van der Waals surface area contributed by atoms with Crippen LogP contribution >= 0.6 is 0 Å². The van der Waals surface area contributed by atoms with Crippen LogP contribution in [0.3, 0.4) is 0 Å². The topological polar surface area (TPSA) is 55.4 Å². The first-order valence-corrected chi connectivity index (χ1v) is 44.9. The van der Waals surface area contributed by atoms with E-state index in [4.69, 9.17) is 9.47 Å². The predicted octanol–water partition coefficient (Wildman–Crippen LogP) is 37.7. The second-order valence-electron chi connectivity index (χ2n) is 35.0. The molecule has 0 amide bonds. The van der Waals surface area contributed by atoms with Crippen molar-refractivity contribution in [2.45, 2.75) is 169 Å². The lowest BCUT2D eigenvalue weighted by molar-refractivity contribution is -0.275. The number of benzene rings is 18. The van der Waals surface area contributed by atoms with E-state index >= 15 is 0 Å². The molecular formula is C117H106F20O6. The molecule has 0 radical (unpaired) electrons. The Bertz CT molecular complexity index is 7470. The van der Waals surface area contributed by atoms with Crippen LogP contribution in [0, 0.1) is 125 Å². The van der Waals surface area contributed by atoms with E-state index < -0.39 is 69.6 Å². The number of hydrogen-bond donors (Lipinski definition) is 0. The Kier molecular flexibility index (Phi) is 37.1. The summed E-state index contributed by atoms with van der Waals surface area (Å²) < 4.78 is 277. The molecular weight excluding hydrogens is 1880 g/mol. The van der Waals surface area contributed by atoms with Gasteiger partial charge in [-0.3, -0.25) is 0 Å². The van der Waals surface area contributed by atoms with E-state index in [1.165, 1.54) is 30.7 Å². The van der Waals surface area contributed by atoms with Crippen LogP contribution in [0.5, 0.6) is 34.5 Å². The minimum absolute atomic E-state index is 0.116. The number of rotatable bonds is 11. The second-order valence-corrected chi connectivity index (χ2v) is 35.0. The van der Waals surface area contributed by atoms with Crippen molar-refractivity contribution in [2.24, 2.45) is 0 Å². The van der Waals surface area contributed by atoms with Gasteiger partial charge >= 0.3 is 38.3 Å². The van der Waals surface area contributed by atoms with Gasteiger partial charge in [0.25, 0.3) is 6.43 Å². The Balaban J connectivity index is 0.000000165. The quantitative estimate of drug-likeness (QED) is 0.120. The Morgan fingerprint density at radius 3 is 0.888 bits per heavy atom. The number of halogens is 20. The van der Waals surface area contributed by atoms with E-state index in [1.54, 1.807) is 145 Å². The van der Waals surface area contributed by atoms with E-state index in [9.17, 15) is 87.8 Å². The van der Waals surface area contributed by atoms with Crippen LogP contribution in [0.25, 0.3) is 97.0 Å². The lowest BCUT2D eigenvalue weighted by atomic mass is 9.98. The molecule has 0 atom stereocenters. The Morgan fingerprint density at radius 2 is 0.497 bits per heavy atom. The SMILES string of the molecule is Cc1cc(C(F)(F)F)c2cc(C)ccc2c1.Cc1cc(OC(F)(F)F)c2cc(C)ccc2c1.Cc1cc(OC(F)F)c2cc(C)ccc2c1.Cc1cc(OCF)c2cc(C)ccc2c1.Cc1ccc2c(C(F)(F)F)c(C)ccc2c1.Cc1ccc2c(C(F)F)c(C)ccc2c1.Cc1ccc2c(OC(F)(F)F)c(C)ccc2c1.Cc1ccc2c(OC(F)F)c(C)ccc2c1.Cc1ccc2c(OCF)c(C)ccc2c1. The summed E-state index contributed by atoms with van der Waals surface area (Å²) >= 11 is 0. The van der Waals surface area contributed by atoms with Gasteiger partial charge in [0.15, 0.2) is 0 Å². The van der Waals surface area contributed by atoms with E-state index in [1.807, 2.05) is 216 Å². The van der Waals surface area contributed by atoms with Crippen molar-refractivity contribution < 1.29 is 116 Å². The van der Waals surface area contributed by atoms with Crippen molar-refractivity contribution in [3.05, 3.63) is 390 Å². The molecule has 0 unspecified atom stereocenters. The molecule has 0 bridgehead atoms. The number of fused-ring (bicyclic) bond motifs is 9. The summed E-state index contributed by atoms with van der Waals surface area (Å²) in [4.78, 5) is 0. The van der Waals surface area contributed by atoms with E-state index in [0.717, 1.165) is 132 Å². The van der Waals surface area contributed by atoms with Crippen LogP contribution in [0.15, 0.2) is 273 Å². The number of ether oxygens (including phenoxy) is 6. The largest absolute Gasteiger partial charge is 0.573 e. The van der Waals surface area contributed by atoms with Crippen LogP contribution in [0.1, 0.15) is 123 Å². The minimum Gasteiger partial charge on any atom is -0.462 e. The molecule has 18 aromatic rings. The van der Waals surface area contributed by atoms with Crippen LogP contribution in [0.4, 0.5) is 87.8 Å². The molecule has 0 heterocycles. The van der Waals surface area contributed by atoms with Crippen molar-refractivity contribution in [2.75, 3.05) is 13.7 Å². The molecule has 0 aliphatic carbocycles. The maximum absolute atomic E-state index is 12.9. The van der Waals surface area contributed by atoms with Gasteiger partial charge in [-0.15, -0.1) is 26.3 Å². The number of aryl methyl sites for hydroxylation is 18. The van der Waals surface area contributed by atoms with E-state index in [0.29, 0.717) is 55.1 Å². The van der Waals surface area contributed by atoms with Crippen molar-refractivity contribution in [1.29, 1.82) is 0 Å². The zero-order valence-electron chi connectivity index (χ0n) is 81.6. The van der Waals surface area contributed by atoms with Gasteiger partial charge in [-0.1, -0.05) is 281 Å². The van der Waals surface area contributed by atoms with Gasteiger partial charge in [0.1, 0.15) is 34.5 Å². The van der Waals surface area contributed by atoms with Gasteiger partial charge in [0, 0.05) is 37.9 Å². The molecule has 0 spiro atoms. The number of hydrogen-bond acceptors (Lipinski definition) is 6. The average molecular weight is 1990 g/mol. The molecule has 26 heteroatoms. The molecule has 0 aliphatic heterocycles. The van der Waals surface area contributed by atoms with Gasteiger partial charge < -0.3 is 28.4 Å². The molecule has 0 N–H and O–H groups in total. The van der Waals surface area contributed by atoms with Crippen molar-refractivity contribution in [3.8, 4) is 34.5 Å². The van der Waals surface area contributed by atoms with Crippen molar-refractivity contribution >= 4 is 97.0 Å². The summed E-state index contributed by atoms with van der Waals surface area (Å²) in [5.41, 5.74) is 14.8. The third-order valence-corrected chi connectivity index (χ3v) is 22.8. The predicted molar refractivity (Wildman–Crippen MR) is 536 cm³/mol. The van der Waals surface area contributed by atoms with E-state index in [-0.39, 0.29) is 44.9 Å². The van der Waals surface area contributed by atoms with Gasteiger partial charge in [0.2, 0.25) is 13.7 Å². The first-order valence-electron chi connectivity index (χ1n) is 44.9. The molecule has 0 saturated carbocycles. The molecule has 143 heavy (non-hydrogen) atoms. The zero-order chi connectivity index (χ0) is 105. The molecule has 750 valence electrons. The van der Waals surface area contributed by atoms with Gasteiger partial charge in [0.05, 0.1) is 11.1 Å². The lowest BCUT2D eigenvalue weighted by Gasteiger charge is -2.14. The fourth-order valence-corrected chi connectivity index (χ4v) is 16.3. The molecule has 6 nitrogen and oxygen atoms in total. The van der Waals surface area contributed by atoms with Gasteiger partial charge in [-0.25, -0.2) is 17.6 Å². The maximum atomic E-state index is 12.9. The molecule has 0 aromatic heterocycles. The second kappa shape index (κ2) is 48.0. The summed E-state index contributed by atoms with van der Waals surface area (Å²) in [7, 11) is 0. The van der Waals surface area contributed by atoms with Crippen molar-refractivity contribution in [1.82, 2.24) is 0 Å². The highest BCUT2D eigenvalue weighted by molar-refractivity contribution is 5.96. The van der Waals surface area contributed by atoms with Gasteiger partial charge in [-0.05, 0) is 282 Å². The molecule has 0 saturated heterocycles. The highest BCUT2D eigenvalue weighted by atomic mass is 19.4. The molecule has 18 rings (SSSR count). The molecule has 0 aliphatic rings. The fraction of sp³-hybridized carbons (Fsp3) is 0.231. The molecule has 18 aromatic carbocycles. The summed E-state index contributed by atoms with van der Waals surface area (Å²) in [6, 6.07) is 81.5. The van der Waals surface area contributed by atoms with Crippen LogP contribution in [0.2, 0.25) is 0 Å². The summed E-state index contributed by atoms with van der Waals surface area (Å²) in [5.74, 6) is 1.53. The maximum Gasteiger partial charge on any atom is 0.573 e. The van der Waals surface area contributed by atoms with Crippen LogP contribution in [-0.2, 0) is 12.4 Å². The smallest absolute Gasteiger partial charge is 0.462 e. The summed E-state index contributed by atoms with van der Waals surface area (Å²) in [6.45, 7) is 25.9. The van der Waals surface area contributed by atoms with Crippen LogP contribution < -0.4 is 28.4 Å². The zero-order valence-corrected chi connectivity index (χ0v) is 81.6. The summed E-state index contributed by atoms with van der Waals surface area (Å²) in [5, 5.41) is 13.2. The monoisotopic (exact) mass is 1990 g/mol. The molecule has 0 fully saturated rings. The Labute approximate surface area is 816 Å². The Morgan fingerprint density at radius 1 is 0.217 bits per heavy atom. The Hall–Kier alpha value is -14.3. The first-order chi connectivity index (χ1) is 67.1. The highest BCUT2D eigenvalue weighted by Crippen LogP contribution is 2.43. The average Bonchev–Trinajstić information content (AvgIpc) is 0.756. The van der Waals surface area contributed by atoms with Crippen molar-refractivity contribution in [3.63, 3.8) is 0 Å². The normalized spacial score (nSPS) is 11.4.